The number of amides is 1. The highest BCUT2D eigenvalue weighted by atomic mass is 16.6. The van der Waals surface area contributed by atoms with Crippen molar-refractivity contribution in [1.82, 2.24) is 4.98 Å². The molecule has 0 saturated heterocycles. The molecule has 3 N–H and O–H groups in total. The fourth-order valence-corrected chi connectivity index (χ4v) is 2.78. The SMILES string of the molecule is CC(C)(C)OC(=O)N1CCc2c1ccc1[nH]c(C(O)O)cc21. The molecule has 3 rings (SSSR count). The number of benzene rings is 1. The van der Waals surface area contributed by atoms with E-state index in [1.54, 1.807) is 11.0 Å². The summed E-state index contributed by atoms with van der Waals surface area (Å²) in [7, 11) is 0. The van der Waals surface area contributed by atoms with Gasteiger partial charge in [0.2, 0.25) is 0 Å². The average Bonchev–Trinajstić information content (AvgIpc) is 2.99. The van der Waals surface area contributed by atoms with Crippen molar-refractivity contribution in [1.29, 1.82) is 0 Å². The lowest BCUT2D eigenvalue weighted by Gasteiger charge is -2.24. The highest BCUT2D eigenvalue weighted by Gasteiger charge is 2.30. The maximum atomic E-state index is 12.3. The van der Waals surface area contributed by atoms with Crippen LogP contribution in [0.25, 0.3) is 10.9 Å². The van der Waals surface area contributed by atoms with Crippen molar-refractivity contribution < 1.29 is 19.7 Å². The van der Waals surface area contributed by atoms with Crippen molar-refractivity contribution >= 4 is 22.7 Å². The van der Waals surface area contributed by atoms with Gasteiger partial charge < -0.3 is 19.9 Å². The largest absolute Gasteiger partial charge is 0.443 e. The minimum absolute atomic E-state index is 0.346. The summed E-state index contributed by atoms with van der Waals surface area (Å²) < 4.78 is 5.43. The third-order valence-electron chi connectivity index (χ3n) is 3.68. The molecule has 0 aliphatic carbocycles. The van der Waals surface area contributed by atoms with E-state index in [-0.39, 0.29) is 6.09 Å². The van der Waals surface area contributed by atoms with Gasteiger partial charge in [-0.25, -0.2) is 4.79 Å². The van der Waals surface area contributed by atoms with E-state index in [9.17, 15) is 15.0 Å². The van der Waals surface area contributed by atoms with Gasteiger partial charge in [0.25, 0.3) is 0 Å². The number of aliphatic hydroxyl groups excluding tert-OH is 1. The minimum Gasteiger partial charge on any atom is -0.443 e. The van der Waals surface area contributed by atoms with Crippen LogP contribution in [0.5, 0.6) is 0 Å². The first-order valence-electron chi connectivity index (χ1n) is 7.27. The Hall–Kier alpha value is -2.05. The summed E-state index contributed by atoms with van der Waals surface area (Å²) in [6.45, 7) is 6.08. The molecule has 118 valence electrons. The molecule has 1 amide bonds. The molecule has 2 heterocycles. The van der Waals surface area contributed by atoms with Crippen LogP contribution < -0.4 is 4.90 Å². The first kappa shape index (κ1) is 14.9. The zero-order valence-electron chi connectivity index (χ0n) is 12.9. The molecule has 2 aromatic rings. The summed E-state index contributed by atoms with van der Waals surface area (Å²) in [4.78, 5) is 16.9. The Labute approximate surface area is 128 Å². The number of anilines is 1. The van der Waals surface area contributed by atoms with Gasteiger partial charge in [-0.3, -0.25) is 4.90 Å². The monoisotopic (exact) mass is 304 g/mol. The fraction of sp³-hybridized carbons (Fsp3) is 0.438. The van der Waals surface area contributed by atoms with Crippen molar-refractivity contribution in [3.05, 3.63) is 29.5 Å². The number of carbonyl (C=O) groups is 1. The third kappa shape index (κ3) is 2.55. The van der Waals surface area contributed by atoms with E-state index in [0.29, 0.717) is 18.7 Å². The predicted molar refractivity (Wildman–Crippen MR) is 82.8 cm³/mol. The molecule has 0 radical (unpaired) electrons. The highest BCUT2D eigenvalue weighted by molar-refractivity contribution is 5.97. The van der Waals surface area contributed by atoms with Crippen LogP contribution in [-0.4, -0.2) is 33.4 Å². The van der Waals surface area contributed by atoms with E-state index in [4.69, 9.17) is 4.74 Å². The Morgan fingerprint density at radius 3 is 2.73 bits per heavy atom. The molecule has 0 saturated carbocycles. The molecule has 1 aromatic carbocycles. The van der Waals surface area contributed by atoms with Crippen LogP contribution in [0.1, 0.15) is 38.3 Å². The van der Waals surface area contributed by atoms with Gasteiger partial charge in [0.1, 0.15) is 5.60 Å². The zero-order chi connectivity index (χ0) is 16.1. The van der Waals surface area contributed by atoms with Crippen LogP contribution in [0, 0.1) is 0 Å². The molecule has 1 aromatic heterocycles. The van der Waals surface area contributed by atoms with Gasteiger partial charge in [0.15, 0.2) is 6.29 Å². The van der Waals surface area contributed by atoms with Crippen LogP contribution in [0.3, 0.4) is 0 Å². The zero-order valence-corrected chi connectivity index (χ0v) is 12.9. The van der Waals surface area contributed by atoms with Gasteiger partial charge in [-0.15, -0.1) is 0 Å². The van der Waals surface area contributed by atoms with Crippen molar-refractivity contribution in [2.24, 2.45) is 0 Å². The molecule has 22 heavy (non-hydrogen) atoms. The van der Waals surface area contributed by atoms with Gasteiger partial charge in [-0.1, -0.05) is 0 Å². The number of hydrogen-bond donors (Lipinski definition) is 3. The lowest BCUT2D eigenvalue weighted by Crippen LogP contribution is -2.35. The molecule has 0 spiro atoms. The summed E-state index contributed by atoms with van der Waals surface area (Å²) in [6.07, 6.45) is -1.18. The van der Waals surface area contributed by atoms with Gasteiger partial charge in [-0.2, -0.15) is 0 Å². The van der Waals surface area contributed by atoms with Crippen molar-refractivity contribution in [3.8, 4) is 0 Å². The third-order valence-corrected chi connectivity index (χ3v) is 3.68. The number of rotatable bonds is 1. The van der Waals surface area contributed by atoms with Crippen LogP contribution in [0.2, 0.25) is 0 Å². The quantitative estimate of drug-likeness (QED) is 0.706. The van der Waals surface area contributed by atoms with Gasteiger partial charge in [0, 0.05) is 17.4 Å². The Balaban J connectivity index is 1.98. The summed E-state index contributed by atoms with van der Waals surface area (Å²) >= 11 is 0. The van der Waals surface area contributed by atoms with E-state index < -0.39 is 11.9 Å². The van der Waals surface area contributed by atoms with Crippen LogP contribution in [-0.2, 0) is 11.2 Å². The molecule has 1 aliphatic heterocycles. The number of aromatic amines is 1. The van der Waals surface area contributed by atoms with Crippen molar-refractivity contribution in [2.75, 3.05) is 11.4 Å². The average molecular weight is 304 g/mol. The van der Waals surface area contributed by atoms with E-state index in [1.807, 2.05) is 32.9 Å². The molecule has 6 heteroatoms. The molecule has 0 bridgehead atoms. The van der Waals surface area contributed by atoms with Gasteiger partial charge >= 0.3 is 6.09 Å². The second-order valence-corrected chi connectivity index (χ2v) is 6.50. The van der Waals surface area contributed by atoms with Crippen molar-refractivity contribution in [3.63, 3.8) is 0 Å². The van der Waals surface area contributed by atoms with Crippen LogP contribution >= 0.6 is 0 Å². The van der Waals surface area contributed by atoms with Gasteiger partial charge in [0.05, 0.1) is 11.4 Å². The number of carbonyl (C=O) groups excluding carboxylic acids is 1. The summed E-state index contributed by atoms with van der Waals surface area (Å²) in [6, 6.07) is 5.42. The normalized spacial score (nSPS) is 14.7. The maximum absolute atomic E-state index is 12.3. The number of H-pyrrole nitrogens is 1. The molecular weight excluding hydrogens is 284 g/mol. The predicted octanol–water partition coefficient (Wildman–Crippen LogP) is 2.45. The molecule has 0 fully saturated rings. The molecule has 1 aliphatic rings. The van der Waals surface area contributed by atoms with E-state index in [2.05, 4.69) is 4.98 Å². The number of nitrogens with zero attached hydrogens (tertiary/aromatic N) is 1. The van der Waals surface area contributed by atoms with Crippen molar-refractivity contribution in [2.45, 2.75) is 39.1 Å². The first-order valence-corrected chi connectivity index (χ1v) is 7.27. The highest BCUT2D eigenvalue weighted by Crippen LogP contribution is 2.36. The fourth-order valence-electron chi connectivity index (χ4n) is 2.78. The van der Waals surface area contributed by atoms with Gasteiger partial charge in [-0.05, 0) is 51.0 Å². The molecule has 0 unspecified atom stereocenters. The summed E-state index contributed by atoms with van der Waals surface area (Å²) in [5.41, 5.74) is 2.48. The van der Waals surface area contributed by atoms with Crippen LogP contribution in [0.15, 0.2) is 18.2 Å². The lowest BCUT2D eigenvalue weighted by molar-refractivity contribution is -0.0453. The Morgan fingerprint density at radius 2 is 2.09 bits per heavy atom. The Kier molecular flexibility index (Phi) is 3.38. The minimum atomic E-state index is -1.54. The number of aliphatic hydroxyl groups is 2. The smallest absolute Gasteiger partial charge is 0.414 e. The van der Waals surface area contributed by atoms with E-state index >= 15 is 0 Å². The molecule has 0 atom stereocenters. The molecular formula is C16H20N2O4. The molecule has 6 nitrogen and oxygen atoms in total. The second-order valence-electron chi connectivity index (χ2n) is 6.50. The Bertz CT molecular complexity index is 728. The topological polar surface area (TPSA) is 85.8 Å². The first-order chi connectivity index (χ1) is 10.3. The number of hydrogen-bond acceptors (Lipinski definition) is 4. The Morgan fingerprint density at radius 1 is 1.36 bits per heavy atom. The van der Waals surface area contributed by atoms with Crippen LogP contribution in [0.4, 0.5) is 10.5 Å². The lowest BCUT2D eigenvalue weighted by atomic mass is 10.1. The van der Waals surface area contributed by atoms with E-state index in [0.717, 1.165) is 22.2 Å². The number of ether oxygens (including phenoxy) is 1. The van der Waals surface area contributed by atoms with E-state index in [1.165, 1.54) is 0 Å². The standard InChI is InChI=1S/C16H20N2O4/c1-16(2,3)22-15(21)18-7-6-9-10-8-12(14(19)20)17-11(10)4-5-13(9)18/h4-5,8,14,17,19-20H,6-7H2,1-3H3. The number of aromatic nitrogens is 1. The number of nitrogens with one attached hydrogen (secondary N) is 1. The number of fused-ring (bicyclic) bond motifs is 3. The maximum Gasteiger partial charge on any atom is 0.414 e. The second kappa shape index (κ2) is 5.00. The summed E-state index contributed by atoms with van der Waals surface area (Å²) in [5.74, 6) is 0. The summed E-state index contributed by atoms with van der Waals surface area (Å²) in [5, 5.41) is 19.5.